The van der Waals surface area contributed by atoms with Crippen molar-refractivity contribution in [1.29, 1.82) is 0 Å². The summed E-state index contributed by atoms with van der Waals surface area (Å²) in [5.41, 5.74) is 6.59. The van der Waals surface area contributed by atoms with Crippen molar-refractivity contribution in [3.8, 4) is 22.5 Å². The molecule has 3 aromatic heterocycles. The molecule has 2 aliphatic rings. The van der Waals surface area contributed by atoms with Crippen molar-refractivity contribution < 1.29 is 9.53 Å². The van der Waals surface area contributed by atoms with E-state index in [1.54, 1.807) is 0 Å². The number of amides is 1. The van der Waals surface area contributed by atoms with Crippen LogP contribution in [0.15, 0.2) is 54.9 Å². The van der Waals surface area contributed by atoms with Crippen LogP contribution < -0.4 is 4.90 Å². The minimum atomic E-state index is 0.0841. The normalized spacial score (nSPS) is 18.0. The van der Waals surface area contributed by atoms with Gasteiger partial charge in [-0.15, -0.1) is 0 Å². The first-order valence-electron chi connectivity index (χ1n) is 12.7. The molecule has 2 fully saturated rings. The topological polar surface area (TPSA) is 74.4 Å². The number of aromatic amines is 1. The molecule has 1 saturated carbocycles. The summed E-state index contributed by atoms with van der Waals surface area (Å²) in [5.74, 6) is 1.00. The number of aromatic nitrogens is 3. The zero-order chi connectivity index (χ0) is 24.8. The Hall–Kier alpha value is -3.71. The smallest absolute Gasteiger partial charge is 0.253 e. The Balaban J connectivity index is 1.51. The van der Waals surface area contributed by atoms with Gasteiger partial charge >= 0.3 is 0 Å². The average molecular weight is 482 g/mol. The van der Waals surface area contributed by atoms with E-state index in [1.807, 2.05) is 48.6 Å². The summed E-state index contributed by atoms with van der Waals surface area (Å²) in [5, 5.41) is 1.08. The number of hydrogen-bond acceptors (Lipinski definition) is 5. The molecule has 1 saturated heterocycles. The Kier molecular flexibility index (Phi) is 5.72. The van der Waals surface area contributed by atoms with E-state index in [4.69, 9.17) is 14.7 Å². The lowest BCUT2D eigenvalue weighted by Crippen LogP contribution is -2.44. The summed E-state index contributed by atoms with van der Waals surface area (Å²) in [6, 6.07) is 14.8. The largest absolute Gasteiger partial charge is 0.377 e. The molecule has 1 aliphatic carbocycles. The molecule has 7 heteroatoms. The molecule has 6 rings (SSSR count). The van der Waals surface area contributed by atoms with Gasteiger partial charge in [0.25, 0.3) is 5.91 Å². The second kappa shape index (κ2) is 9.06. The summed E-state index contributed by atoms with van der Waals surface area (Å²) in [6.45, 7) is 6.40. The Morgan fingerprint density at radius 1 is 1.19 bits per heavy atom. The number of benzene rings is 1. The molecule has 184 valence electrons. The van der Waals surface area contributed by atoms with Crippen molar-refractivity contribution in [2.75, 3.05) is 31.7 Å². The average Bonchev–Trinajstić information content (AvgIpc) is 3.62. The van der Waals surface area contributed by atoms with E-state index in [9.17, 15) is 4.79 Å². The van der Waals surface area contributed by atoms with Gasteiger partial charge in [-0.3, -0.25) is 9.78 Å². The minimum absolute atomic E-state index is 0.0841. The maximum Gasteiger partial charge on any atom is 0.253 e. The van der Waals surface area contributed by atoms with Crippen molar-refractivity contribution >= 4 is 22.6 Å². The maximum atomic E-state index is 12.9. The van der Waals surface area contributed by atoms with Gasteiger partial charge in [-0.2, -0.15) is 0 Å². The van der Waals surface area contributed by atoms with Crippen LogP contribution in [-0.2, 0) is 4.74 Å². The molecule has 4 heterocycles. The highest BCUT2D eigenvalue weighted by Gasteiger charge is 2.30. The zero-order valence-electron chi connectivity index (χ0n) is 21.0. The molecule has 0 unspecified atom stereocenters. The number of morpholine rings is 1. The van der Waals surface area contributed by atoms with Crippen molar-refractivity contribution in [2.24, 2.45) is 0 Å². The SMILES string of the molecule is Cc1cnc(-c2ccc[nH]2)c2nc(N3CCOC[C@H]3C)cc(-c3ccc(C(=O)N(C)C4CC4)cc3)c12. The number of carbonyl (C=O) groups excluding carboxylic acids is 1. The van der Waals surface area contributed by atoms with Crippen LogP contribution in [0.1, 0.15) is 35.7 Å². The summed E-state index contributed by atoms with van der Waals surface area (Å²) in [6.07, 6.45) is 6.03. The van der Waals surface area contributed by atoms with Gasteiger partial charge in [0.1, 0.15) is 17.0 Å². The minimum Gasteiger partial charge on any atom is -0.377 e. The van der Waals surface area contributed by atoms with Gasteiger partial charge < -0.3 is 19.5 Å². The third-order valence-corrected chi connectivity index (χ3v) is 7.38. The molecule has 1 aromatic carbocycles. The van der Waals surface area contributed by atoms with Gasteiger partial charge in [0.2, 0.25) is 0 Å². The van der Waals surface area contributed by atoms with Crippen LogP contribution in [0, 0.1) is 6.92 Å². The number of rotatable bonds is 5. The molecule has 1 atom stereocenters. The lowest BCUT2D eigenvalue weighted by Gasteiger charge is -2.34. The number of pyridine rings is 2. The number of aryl methyl sites for hydroxylation is 1. The highest BCUT2D eigenvalue weighted by atomic mass is 16.5. The molecule has 1 N–H and O–H groups in total. The predicted molar refractivity (Wildman–Crippen MR) is 142 cm³/mol. The van der Waals surface area contributed by atoms with Crippen LogP contribution in [0.2, 0.25) is 0 Å². The number of nitrogens with one attached hydrogen (secondary N) is 1. The van der Waals surface area contributed by atoms with Crippen molar-refractivity contribution in [1.82, 2.24) is 19.9 Å². The van der Waals surface area contributed by atoms with E-state index in [-0.39, 0.29) is 11.9 Å². The van der Waals surface area contributed by atoms with Crippen LogP contribution in [0.3, 0.4) is 0 Å². The summed E-state index contributed by atoms with van der Waals surface area (Å²) in [7, 11) is 1.90. The molecule has 7 nitrogen and oxygen atoms in total. The lowest BCUT2D eigenvalue weighted by molar-refractivity contribution is 0.0785. The number of ether oxygens (including phenoxy) is 1. The fourth-order valence-corrected chi connectivity index (χ4v) is 5.13. The fraction of sp³-hybridized carbons (Fsp3) is 0.345. The summed E-state index contributed by atoms with van der Waals surface area (Å²) in [4.78, 5) is 30.3. The molecular weight excluding hydrogens is 450 g/mol. The predicted octanol–water partition coefficient (Wildman–Crippen LogP) is 5.06. The van der Waals surface area contributed by atoms with Crippen molar-refractivity contribution in [3.05, 3.63) is 66.0 Å². The monoisotopic (exact) mass is 481 g/mol. The molecule has 1 amide bonds. The number of H-pyrrole nitrogens is 1. The van der Waals surface area contributed by atoms with E-state index < -0.39 is 0 Å². The third-order valence-electron chi connectivity index (χ3n) is 7.38. The fourth-order valence-electron chi connectivity index (χ4n) is 5.13. The van der Waals surface area contributed by atoms with E-state index >= 15 is 0 Å². The third kappa shape index (κ3) is 4.03. The number of anilines is 1. The van der Waals surface area contributed by atoms with Crippen LogP contribution in [0.25, 0.3) is 33.4 Å². The molecule has 36 heavy (non-hydrogen) atoms. The van der Waals surface area contributed by atoms with E-state index in [1.165, 1.54) is 0 Å². The number of fused-ring (bicyclic) bond motifs is 1. The number of hydrogen-bond donors (Lipinski definition) is 1. The Morgan fingerprint density at radius 3 is 2.69 bits per heavy atom. The van der Waals surface area contributed by atoms with Gasteiger partial charge in [-0.05, 0) is 73.7 Å². The van der Waals surface area contributed by atoms with E-state index in [0.717, 1.165) is 69.7 Å². The summed E-state index contributed by atoms with van der Waals surface area (Å²) < 4.78 is 5.69. The van der Waals surface area contributed by atoms with Crippen LogP contribution >= 0.6 is 0 Å². The summed E-state index contributed by atoms with van der Waals surface area (Å²) >= 11 is 0. The van der Waals surface area contributed by atoms with Gasteiger partial charge in [-0.25, -0.2) is 4.98 Å². The maximum absolute atomic E-state index is 12.9. The van der Waals surface area contributed by atoms with Gasteiger partial charge in [0, 0.05) is 43.0 Å². The first-order valence-corrected chi connectivity index (χ1v) is 12.7. The number of nitrogens with zero attached hydrogens (tertiary/aromatic N) is 4. The van der Waals surface area contributed by atoms with Crippen LogP contribution in [0.4, 0.5) is 5.82 Å². The lowest BCUT2D eigenvalue weighted by atomic mass is 9.96. The first-order chi connectivity index (χ1) is 17.5. The molecular formula is C29H31N5O2. The van der Waals surface area contributed by atoms with Gasteiger partial charge in [0.05, 0.1) is 24.9 Å². The molecule has 0 bridgehead atoms. The second-order valence-corrected chi connectivity index (χ2v) is 9.97. The second-order valence-electron chi connectivity index (χ2n) is 9.97. The van der Waals surface area contributed by atoms with E-state index in [2.05, 4.69) is 41.9 Å². The molecule has 4 aromatic rings. The van der Waals surface area contributed by atoms with Crippen molar-refractivity contribution in [2.45, 2.75) is 38.8 Å². The molecule has 0 spiro atoms. The van der Waals surface area contributed by atoms with Crippen LogP contribution in [-0.4, -0.2) is 64.6 Å². The Bertz CT molecular complexity index is 1410. The van der Waals surface area contributed by atoms with Crippen molar-refractivity contribution in [3.63, 3.8) is 0 Å². The molecule has 0 radical (unpaired) electrons. The Morgan fingerprint density at radius 2 is 2.00 bits per heavy atom. The van der Waals surface area contributed by atoms with Gasteiger partial charge in [-0.1, -0.05) is 12.1 Å². The standard InChI is InChI=1S/C29H31N5O2/c1-18-16-31-27(24-5-4-12-30-24)28-26(18)23(15-25(32-28)34-13-14-36-17-19(34)2)20-6-8-21(9-7-20)29(35)33(3)22-10-11-22/h4-9,12,15-16,19,22,30H,10-11,13-14,17H2,1-3H3/t19-/m1/s1. The van der Waals surface area contributed by atoms with Crippen LogP contribution in [0.5, 0.6) is 0 Å². The first kappa shape index (κ1) is 22.7. The highest BCUT2D eigenvalue weighted by Crippen LogP contribution is 2.37. The molecule has 1 aliphatic heterocycles. The quantitative estimate of drug-likeness (QED) is 0.431. The highest BCUT2D eigenvalue weighted by molar-refractivity contribution is 6.04. The van der Waals surface area contributed by atoms with E-state index in [0.29, 0.717) is 19.3 Å². The van der Waals surface area contributed by atoms with Gasteiger partial charge in [0.15, 0.2) is 0 Å². The Labute approximate surface area is 211 Å². The number of carbonyl (C=O) groups is 1. The zero-order valence-corrected chi connectivity index (χ0v) is 21.0.